The van der Waals surface area contributed by atoms with Gasteiger partial charge < -0.3 is 35.4 Å². The summed E-state index contributed by atoms with van der Waals surface area (Å²) in [6, 6.07) is -1.56. The molecular weight excluding hydrogens is 717 g/mol. The first-order valence-corrected chi connectivity index (χ1v) is 21.0. The fourth-order valence-corrected chi connectivity index (χ4v) is 5.50. The van der Waals surface area contributed by atoms with E-state index in [2.05, 4.69) is 60.9 Å². The lowest BCUT2D eigenvalue weighted by molar-refractivity contribution is -0.161. The van der Waals surface area contributed by atoms with Crippen LogP contribution in [0.1, 0.15) is 129 Å². The van der Waals surface area contributed by atoms with E-state index in [0.717, 1.165) is 57.8 Å². The number of phosphoric ester groups is 1. The lowest BCUT2D eigenvalue weighted by Gasteiger charge is -2.20. The average Bonchev–Trinajstić information content (AvgIpc) is 3.14. The van der Waals surface area contributed by atoms with E-state index >= 15 is 0 Å². The fourth-order valence-electron chi connectivity index (χ4n) is 4.72. The van der Waals surface area contributed by atoms with Gasteiger partial charge in [-0.3, -0.25) is 23.4 Å². The molecule has 54 heavy (non-hydrogen) atoms. The van der Waals surface area contributed by atoms with Crippen LogP contribution >= 0.6 is 7.82 Å². The van der Waals surface area contributed by atoms with Gasteiger partial charge in [-0.2, -0.15) is 0 Å². The minimum atomic E-state index is -4.78. The number of unbranched alkanes of at least 4 members (excludes halogenated alkanes) is 7. The van der Waals surface area contributed by atoms with Crippen LogP contribution in [-0.2, 0) is 37.5 Å². The molecule has 0 aliphatic rings. The van der Waals surface area contributed by atoms with Crippen LogP contribution in [-0.4, -0.2) is 82.3 Å². The molecule has 1 unspecified atom stereocenters. The molecule has 0 radical (unpaired) electrons. The van der Waals surface area contributed by atoms with Crippen molar-refractivity contribution in [2.24, 2.45) is 5.73 Å². The third kappa shape index (κ3) is 32.5. The van der Waals surface area contributed by atoms with Gasteiger partial charge in [0.1, 0.15) is 12.6 Å². The first-order chi connectivity index (χ1) is 25.9. The molecule has 0 bridgehead atoms. The van der Waals surface area contributed by atoms with Gasteiger partial charge in [-0.1, -0.05) is 107 Å². The molecule has 13 nitrogen and oxygen atoms in total. The van der Waals surface area contributed by atoms with Gasteiger partial charge in [-0.25, -0.2) is 4.57 Å². The van der Waals surface area contributed by atoms with E-state index < -0.39 is 69.9 Å². The molecule has 0 aromatic rings. The lowest BCUT2D eigenvalue weighted by Crippen LogP contribution is -2.34. The number of aliphatic hydroxyl groups is 2. The zero-order valence-corrected chi connectivity index (χ0v) is 33.4. The van der Waals surface area contributed by atoms with Crippen LogP contribution in [0.25, 0.3) is 0 Å². The number of hydrogen-bond donors (Lipinski definition) is 5. The molecule has 0 spiro atoms. The number of aliphatic hydroxyl groups excluding tert-OH is 2. The van der Waals surface area contributed by atoms with Crippen molar-refractivity contribution in [2.75, 3.05) is 19.8 Å². The van der Waals surface area contributed by atoms with Crippen LogP contribution in [0.15, 0.2) is 60.8 Å². The predicted molar refractivity (Wildman–Crippen MR) is 210 cm³/mol. The minimum Gasteiger partial charge on any atom is -0.480 e. The van der Waals surface area contributed by atoms with Crippen molar-refractivity contribution in [1.29, 1.82) is 0 Å². The summed E-state index contributed by atoms with van der Waals surface area (Å²) < 4.78 is 32.3. The number of ether oxygens (including phenoxy) is 2. The molecule has 0 saturated carbocycles. The number of nitrogens with two attached hydrogens (primary N) is 1. The first-order valence-electron chi connectivity index (χ1n) is 19.5. The van der Waals surface area contributed by atoms with Crippen LogP contribution in [0.2, 0.25) is 0 Å². The highest BCUT2D eigenvalue weighted by atomic mass is 31.2. The number of esters is 2. The van der Waals surface area contributed by atoms with Crippen LogP contribution in [0.5, 0.6) is 0 Å². The zero-order valence-electron chi connectivity index (χ0n) is 32.5. The van der Waals surface area contributed by atoms with Gasteiger partial charge in [0.2, 0.25) is 0 Å². The highest BCUT2D eigenvalue weighted by molar-refractivity contribution is 7.47. The Kier molecular flexibility index (Phi) is 32.7. The van der Waals surface area contributed by atoms with Gasteiger partial charge >= 0.3 is 25.7 Å². The Balaban J connectivity index is 4.68. The molecule has 0 saturated heterocycles. The summed E-state index contributed by atoms with van der Waals surface area (Å²) in [5.74, 6) is -2.72. The Bertz CT molecular complexity index is 1190. The topological polar surface area (TPSA) is 212 Å². The highest BCUT2D eigenvalue weighted by Crippen LogP contribution is 2.43. The van der Waals surface area contributed by atoms with Crippen LogP contribution in [0.4, 0.5) is 0 Å². The second-order valence-corrected chi connectivity index (χ2v) is 14.4. The van der Waals surface area contributed by atoms with Gasteiger partial charge in [-0.05, 0) is 70.6 Å². The Hall–Kier alpha value is -2.90. The van der Waals surface area contributed by atoms with Crippen LogP contribution < -0.4 is 5.73 Å². The Morgan fingerprint density at radius 3 is 1.85 bits per heavy atom. The van der Waals surface area contributed by atoms with Gasteiger partial charge in [0.05, 0.1) is 25.4 Å². The minimum absolute atomic E-state index is 0.0866. The van der Waals surface area contributed by atoms with Crippen molar-refractivity contribution in [3.8, 4) is 0 Å². The monoisotopic (exact) mass is 785 g/mol. The van der Waals surface area contributed by atoms with Gasteiger partial charge in [0.15, 0.2) is 6.10 Å². The highest BCUT2D eigenvalue weighted by Gasteiger charge is 2.28. The maximum absolute atomic E-state index is 12.6. The Labute approximate surface area is 323 Å². The van der Waals surface area contributed by atoms with Crippen molar-refractivity contribution in [3.05, 3.63) is 60.8 Å². The number of carboxylic acid groups (broad SMARTS) is 1. The van der Waals surface area contributed by atoms with Crippen LogP contribution in [0.3, 0.4) is 0 Å². The molecule has 0 aromatic carbocycles. The normalized spacial score (nSPS) is 15.7. The summed E-state index contributed by atoms with van der Waals surface area (Å²) in [6.07, 6.45) is 30.5. The molecule has 6 N–H and O–H groups in total. The second kappa shape index (κ2) is 34.6. The number of aliphatic carboxylic acids is 1. The third-order valence-electron chi connectivity index (χ3n) is 7.95. The van der Waals surface area contributed by atoms with Gasteiger partial charge in [-0.15, -0.1) is 0 Å². The maximum Gasteiger partial charge on any atom is 0.472 e. The average molecular weight is 786 g/mol. The van der Waals surface area contributed by atoms with Crippen molar-refractivity contribution < 1.29 is 57.7 Å². The van der Waals surface area contributed by atoms with E-state index in [1.165, 1.54) is 12.8 Å². The number of carbonyl (C=O) groups excluding carboxylic acids is 2. The molecule has 5 atom stereocenters. The maximum atomic E-state index is 12.6. The molecule has 0 heterocycles. The number of carbonyl (C=O) groups is 3. The summed E-state index contributed by atoms with van der Waals surface area (Å²) in [5.41, 5.74) is 5.30. The van der Waals surface area contributed by atoms with E-state index in [-0.39, 0.29) is 32.1 Å². The van der Waals surface area contributed by atoms with E-state index in [4.69, 9.17) is 24.8 Å². The Morgan fingerprint density at radius 2 is 1.22 bits per heavy atom. The molecular formula is C40H68NO12P. The molecule has 0 aromatic heterocycles. The largest absolute Gasteiger partial charge is 0.480 e. The van der Waals surface area contributed by atoms with E-state index in [9.17, 15) is 34.1 Å². The van der Waals surface area contributed by atoms with Gasteiger partial charge in [0.25, 0.3) is 0 Å². The summed E-state index contributed by atoms with van der Waals surface area (Å²) in [4.78, 5) is 45.8. The number of rotatable bonds is 35. The molecule has 0 amide bonds. The summed E-state index contributed by atoms with van der Waals surface area (Å²) in [7, 11) is -4.78. The number of allylic oxidation sites excluding steroid dienone is 9. The first kappa shape index (κ1) is 51.1. The molecule has 0 rings (SSSR count). The number of carboxylic acids is 1. The molecule has 310 valence electrons. The van der Waals surface area contributed by atoms with E-state index in [0.29, 0.717) is 12.8 Å². The quantitative estimate of drug-likeness (QED) is 0.0182. The van der Waals surface area contributed by atoms with Crippen LogP contribution in [0, 0.1) is 0 Å². The second-order valence-electron chi connectivity index (χ2n) is 13.0. The smallest absolute Gasteiger partial charge is 0.472 e. The lowest BCUT2D eigenvalue weighted by atomic mass is 10.0. The van der Waals surface area contributed by atoms with Crippen molar-refractivity contribution in [2.45, 2.75) is 154 Å². The van der Waals surface area contributed by atoms with E-state index in [1.54, 1.807) is 6.08 Å². The summed E-state index contributed by atoms with van der Waals surface area (Å²) in [6.45, 7) is 2.30. The van der Waals surface area contributed by atoms with Crippen molar-refractivity contribution >= 4 is 25.7 Å². The number of phosphoric acid groups is 1. The molecule has 0 fully saturated rings. The zero-order chi connectivity index (χ0) is 40.3. The Morgan fingerprint density at radius 1 is 0.667 bits per heavy atom. The summed E-state index contributed by atoms with van der Waals surface area (Å²) in [5, 5.41) is 29.5. The fraction of sp³-hybridized carbons (Fsp3) is 0.675. The standard InChI is InChI=1S/C40H68NO12P/c1-3-5-7-9-11-13-15-17-18-20-22-24-27-36(42)37(43)28-26-30-38(44)50-31-34(32-51-54(48,49)52-33-35(41)40(46)47)53-39(45)29-25-23-21-19-16-14-12-10-8-6-4-2/h5,7,10-13,17-18,22,24,34-37,42-43H,3-4,6,8-9,14-16,19-21,23,25-33,41H2,1-2H3,(H,46,47)(H,48,49)/b7-5-,12-10-,13-11-,18-17-,24-22-/t34-,35+,36+,37+/m1/s1. The SMILES string of the molecule is CC/C=C\C/C=C\C/C=C\C/C=C\C[C@H](O)[C@@H](O)CCCC(=O)OC[C@H](COP(=O)(O)OC[C@H](N)C(=O)O)OC(=O)CCCCCCC/C=C\CCCC. The van der Waals surface area contributed by atoms with E-state index in [1.807, 2.05) is 12.2 Å². The summed E-state index contributed by atoms with van der Waals surface area (Å²) >= 11 is 0. The third-order valence-corrected chi connectivity index (χ3v) is 8.90. The number of hydrogen-bond acceptors (Lipinski definition) is 11. The predicted octanol–water partition coefficient (Wildman–Crippen LogP) is 7.55. The van der Waals surface area contributed by atoms with Crippen molar-refractivity contribution in [3.63, 3.8) is 0 Å². The molecule has 14 heteroatoms. The van der Waals surface area contributed by atoms with Crippen molar-refractivity contribution in [1.82, 2.24) is 0 Å². The molecule has 0 aliphatic heterocycles. The van der Waals surface area contributed by atoms with Gasteiger partial charge in [0, 0.05) is 12.8 Å². The molecule has 0 aliphatic carbocycles.